The van der Waals surface area contributed by atoms with Crippen LogP contribution < -0.4 is 10.5 Å². The number of ether oxygens (including phenoxy) is 1. The van der Waals surface area contributed by atoms with Gasteiger partial charge in [-0.05, 0) is 43.9 Å². The molecular weight excluding hydrogens is 230 g/mol. The Hall–Kier alpha value is -0.830. The largest absolute Gasteiger partial charge is 0.492 e. The van der Waals surface area contributed by atoms with E-state index in [9.17, 15) is 0 Å². The number of hydrogen-bond acceptors (Lipinski definition) is 3. The fraction of sp³-hybridized carbons (Fsp3) is 0.571. The van der Waals surface area contributed by atoms with E-state index in [0.29, 0.717) is 6.61 Å². The molecule has 0 amide bonds. The second-order valence-corrected chi connectivity index (χ2v) is 5.69. The Labute approximate surface area is 108 Å². The summed E-state index contributed by atoms with van der Waals surface area (Å²) in [6, 6.07) is 6.11. The Morgan fingerprint density at radius 1 is 1.35 bits per heavy atom. The van der Waals surface area contributed by atoms with Gasteiger partial charge in [-0.25, -0.2) is 0 Å². The minimum absolute atomic E-state index is 0.668. The van der Waals surface area contributed by atoms with E-state index in [2.05, 4.69) is 12.1 Å². The summed E-state index contributed by atoms with van der Waals surface area (Å²) in [6.07, 6.45) is 5.63. The van der Waals surface area contributed by atoms with Crippen LogP contribution in [0.5, 0.6) is 5.75 Å². The summed E-state index contributed by atoms with van der Waals surface area (Å²) in [5, 5.41) is 0. The minimum atomic E-state index is 0.668. The van der Waals surface area contributed by atoms with E-state index in [-0.39, 0.29) is 0 Å². The predicted molar refractivity (Wildman–Crippen MR) is 74.7 cm³/mol. The Morgan fingerprint density at radius 2 is 2.12 bits per heavy atom. The van der Waals surface area contributed by atoms with Gasteiger partial charge in [0.15, 0.2) is 0 Å². The molecule has 3 heteroatoms. The summed E-state index contributed by atoms with van der Waals surface area (Å²) < 4.78 is 5.51. The molecule has 0 saturated heterocycles. The Morgan fingerprint density at radius 3 is 2.82 bits per heavy atom. The summed E-state index contributed by atoms with van der Waals surface area (Å²) in [5.41, 5.74) is 6.59. The van der Waals surface area contributed by atoms with Crippen molar-refractivity contribution in [3.8, 4) is 5.75 Å². The van der Waals surface area contributed by atoms with Gasteiger partial charge in [0.05, 0.1) is 12.3 Å². The third-order valence-electron chi connectivity index (χ3n) is 3.25. The van der Waals surface area contributed by atoms with Crippen LogP contribution in [-0.4, -0.2) is 12.4 Å². The maximum atomic E-state index is 5.86. The number of hydrogen-bond donors (Lipinski definition) is 1. The summed E-state index contributed by atoms with van der Waals surface area (Å²) in [7, 11) is 0. The van der Waals surface area contributed by atoms with Gasteiger partial charge in [-0.1, -0.05) is 12.8 Å². The number of benzene rings is 1. The van der Waals surface area contributed by atoms with Gasteiger partial charge in [-0.2, -0.15) is 0 Å². The van der Waals surface area contributed by atoms with Gasteiger partial charge in [-0.3, -0.25) is 0 Å². The first kappa shape index (κ1) is 12.6. The lowest BCUT2D eigenvalue weighted by molar-refractivity contribution is 0.341. The standard InChI is InChI=1S/C14H21NOS/c1-2-16-14-9-12(7-8-13(14)15)17-10-11-5-3-4-6-11/h7-9,11H,2-6,10,15H2,1H3. The molecule has 1 aliphatic rings. The molecule has 17 heavy (non-hydrogen) atoms. The first-order valence-electron chi connectivity index (χ1n) is 6.44. The van der Waals surface area contributed by atoms with Crippen LogP contribution in [0.2, 0.25) is 0 Å². The molecule has 2 rings (SSSR count). The van der Waals surface area contributed by atoms with Crippen LogP contribution in [0.3, 0.4) is 0 Å². The van der Waals surface area contributed by atoms with Crippen molar-refractivity contribution in [3.63, 3.8) is 0 Å². The predicted octanol–water partition coefficient (Wildman–Crippen LogP) is 3.95. The quantitative estimate of drug-likeness (QED) is 0.635. The molecule has 1 aromatic carbocycles. The van der Waals surface area contributed by atoms with Crippen molar-refractivity contribution >= 4 is 17.4 Å². The molecule has 0 bridgehead atoms. The number of anilines is 1. The van der Waals surface area contributed by atoms with Gasteiger partial charge in [0.25, 0.3) is 0 Å². The molecule has 0 unspecified atom stereocenters. The van der Waals surface area contributed by atoms with Gasteiger partial charge >= 0.3 is 0 Å². The Bertz CT molecular complexity index is 361. The normalized spacial score (nSPS) is 16.3. The van der Waals surface area contributed by atoms with Crippen molar-refractivity contribution in [2.75, 3.05) is 18.1 Å². The van der Waals surface area contributed by atoms with Gasteiger partial charge in [0.2, 0.25) is 0 Å². The molecule has 0 heterocycles. The van der Waals surface area contributed by atoms with Gasteiger partial charge in [0.1, 0.15) is 5.75 Å². The zero-order chi connectivity index (χ0) is 12.1. The van der Waals surface area contributed by atoms with Gasteiger partial charge in [0, 0.05) is 10.6 Å². The van der Waals surface area contributed by atoms with E-state index in [4.69, 9.17) is 10.5 Å². The zero-order valence-corrected chi connectivity index (χ0v) is 11.3. The molecule has 1 aliphatic carbocycles. The fourth-order valence-electron chi connectivity index (χ4n) is 2.28. The first-order valence-corrected chi connectivity index (χ1v) is 7.43. The molecule has 0 atom stereocenters. The second-order valence-electron chi connectivity index (χ2n) is 4.59. The molecule has 2 nitrogen and oxygen atoms in total. The van der Waals surface area contributed by atoms with Crippen molar-refractivity contribution < 1.29 is 4.74 Å². The molecule has 0 spiro atoms. The monoisotopic (exact) mass is 251 g/mol. The smallest absolute Gasteiger partial charge is 0.143 e. The van der Waals surface area contributed by atoms with Crippen molar-refractivity contribution in [2.24, 2.45) is 5.92 Å². The highest BCUT2D eigenvalue weighted by Gasteiger charge is 2.15. The maximum Gasteiger partial charge on any atom is 0.143 e. The molecule has 1 fully saturated rings. The Balaban J connectivity index is 1.93. The second kappa shape index (κ2) is 6.20. The minimum Gasteiger partial charge on any atom is -0.492 e. The number of nitrogen functional groups attached to an aromatic ring is 1. The highest BCUT2D eigenvalue weighted by Crippen LogP contribution is 2.33. The lowest BCUT2D eigenvalue weighted by Gasteiger charge is -2.11. The number of rotatable bonds is 5. The van der Waals surface area contributed by atoms with Crippen LogP contribution >= 0.6 is 11.8 Å². The third-order valence-corrected chi connectivity index (χ3v) is 4.47. The van der Waals surface area contributed by atoms with E-state index >= 15 is 0 Å². The van der Waals surface area contributed by atoms with E-state index in [1.54, 1.807) is 0 Å². The molecule has 0 radical (unpaired) electrons. The van der Waals surface area contributed by atoms with Crippen molar-refractivity contribution in [3.05, 3.63) is 18.2 Å². The summed E-state index contributed by atoms with van der Waals surface area (Å²) in [5.74, 6) is 2.96. The molecular formula is C14H21NOS. The zero-order valence-electron chi connectivity index (χ0n) is 10.4. The number of nitrogens with two attached hydrogens (primary N) is 1. The third kappa shape index (κ3) is 3.56. The van der Waals surface area contributed by atoms with E-state index in [1.807, 2.05) is 24.8 Å². The molecule has 0 aromatic heterocycles. The van der Waals surface area contributed by atoms with Crippen LogP contribution in [0.4, 0.5) is 5.69 Å². The maximum absolute atomic E-state index is 5.86. The van der Waals surface area contributed by atoms with Crippen molar-refractivity contribution in [1.29, 1.82) is 0 Å². The summed E-state index contributed by atoms with van der Waals surface area (Å²) >= 11 is 1.93. The highest BCUT2D eigenvalue weighted by molar-refractivity contribution is 7.99. The van der Waals surface area contributed by atoms with E-state index in [0.717, 1.165) is 17.4 Å². The molecule has 2 N–H and O–H groups in total. The van der Waals surface area contributed by atoms with Gasteiger partial charge in [-0.15, -0.1) is 11.8 Å². The van der Waals surface area contributed by atoms with Crippen LogP contribution in [0.25, 0.3) is 0 Å². The highest BCUT2D eigenvalue weighted by atomic mass is 32.2. The summed E-state index contributed by atoms with van der Waals surface area (Å²) in [6.45, 7) is 2.65. The molecule has 1 aromatic rings. The molecule has 94 valence electrons. The van der Waals surface area contributed by atoms with Gasteiger partial charge < -0.3 is 10.5 Å². The molecule has 0 aliphatic heterocycles. The van der Waals surface area contributed by atoms with E-state index < -0.39 is 0 Å². The lowest BCUT2D eigenvalue weighted by atomic mass is 10.1. The average Bonchev–Trinajstić information content (AvgIpc) is 2.83. The van der Waals surface area contributed by atoms with Crippen LogP contribution in [-0.2, 0) is 0 Å². The van der Waals surface area contributed by atoms with Crippen LogP contribution in [0.1, 0.15) is 32.6 Å². The average molecular weight is 251 g/mol. The van der Waals surface area contributed by atoms with Crippen molar-refractivity contribution in [1.82, 2.24) is 0 Å². The Kier molecular flexibility index (Phi) is 4.60. The van der Waals surface area contributed by atoms with Crippen LogP contribution in [0.15, 0.2) is 23.1 Å². The first-order chi connectivity index (χ1) is 8.29. The van der Waals surface area contributed by atoms with Crippen LogP contribution in [0, 0.1) is 5.92 Å². The molecule has 1 saturated carbocycles. The number of thioether (sulfide) groups is 1. The topological polar surface area (TPSA) is 35.2 Å². The lowest BCUT2D eigenvalue weighted by Crippen LogP contribution is -1.98. The fourth-order valence-corrected chi connectivity index (χ4v) is 3.39. The SMILES string of the molecule is CCOc1cc(SCC2CCCC2)ccc1N. The summed E-state index contributed by atoms with van der Waals surface area (Å²) in [4.78, 5) is 1.27. The van der Waals surface area contributed by atoms with Crippen molar-refractivity contribution in [2.45, 2.75) is 37.5 Å². The van der Waals surface area contributed by atoms with E-state index in [1.165, 1.54) is 36.3 Å².